The highest BCUT2D eigenvalue weighted by atomic mass is 19.1. The highest BCUT2D eigenvalue weighted by molar-refractivity contribution is 6.01. The Kier molecular flexibility index (Phi) is 8.36. The lowest BCUT2D eigenvalue weighted by atomic mass is 9.79. The van der Waals surface area contributed by atoms with E-state index in [0.717, 1.165) is 19.6 Å². The molecule has 1 heterocycles. The molecule has 1 aliphatic heterocycles. The molecule has 2 aromatic carbocycles. The molecular formula is C25H32FN3O3. The Morgan fingerprint density at radius 1 is 1.12 bits per heavy atom. The Balaban J connectivity index is 2.00. The van der Waals surface area contributed by atoms with Crippen LogP contribution in [0.5, 0.6) is 0 Å². The molecule has 7 heteroatoms. The van der Waals surface area contributed by atoms with Crippen molar-refractivity contribution in [3.63, 3.8) is 0 Å². The van der Waals surface area contributed by atoms with E-state index in [1.165, 1.54) is 12.1 Å². The molecule has 2 atom stereocenters. The minimum absolute atomic E-state index is 0.145. The molecule has 6 nitrogen and oxygen atoms in total. The van der Waals surface area contributed by atoms with Crippen molar-refractivity contribution in [2.24, 2.45) is 0 Å². The summed E-state index contributed by atoms with van der Waals surface area (Å²) in [7, 11) is 1.58. The quantitative estimate of drug-likeness (QED) is 0.615. The van der Waals surface area contributed by atoms with Crippen LogP contribution in [-0.2, 0) is 9.53 Å². The molecule has 0 bridgehead atoms. The van der Waals surface area contributed by atoms with Crippen molar-refractivity contribution in [3.8, 4) is 0 Å². The number of carbonyl (C=O) groups excluding carboxylic acids is 2. The summed E-state index contributed by atoms with van der Waals surface area (Å²) in [5.74, 6) is -1.27. The standard InChI is InChI=1S/C25H32FN3O3/c1-4-28(5-2)15-14-27-24(30)22-20-8-6-7-9-21(20)25(31)29(16-17-32-3)23(22)18-10-12-19(26)13-11-18/h6-13,22-23H,4-5,14-17H2,1-3H3,(H,27,30)/t22-,23+/m1/s1. The largest absolute Gasteiger partial charge is 0.383 e. The van der Waals surface area contributed by atoms with E-state index >= 15 is 0 Å². The topological polar surface area (TPSA) is 61.9 Å². The number of methoxy groups -OCH3 is 1. The Bertz CT molecular complexity index is 915. The smallest absolute Gasteiger partial charge is 0.254 e. The third kappa shape index (κ3) is 5.16. The molecule has 2 aromatic rings. The predicted octanol–water partition coefficient (Wildman–Crippen LogP) is 3.21. The summed E-state index contributed by atoms with van der Waals surface area (Å²) in [6.07, 6.45) is 0. The van der Waals surface area contributed by atoms with Gasteiger partial charge in [0.05, 0.1) is 18.6 Å². The molecular weight excluding hydrogens is 409 g/mol. The molecule has 172 valence electrons. The summed E-state index contributed by atoms with van der Waals surface area (Å²) in [5.41, 5.74) is 1.93. The first kappa shape index (κ1) is 23.9. The van der Waals surface area contributed by atoms with Crippen LogP contribution < -0.4 is 5.32 Å². The van der Waals surface area contributed by atoms with Crippen LogP contribution in [0.3, 0.4) is 0 Å². The summed E-state index contributed by atoms with van der Waals surface area (Å²) in [6.45, 7) is 7.93. The third-order valence-electron chi connectivity index (χ3n) is 6.09. The summed E-state index contributed by atoms with van der Waals surface area (Å²) in [4.78, 5) is 30.8. The molecule has 0 spiro atoms. The monoisotopic (exact) mass is 441 g/mol. The van der Waals surface area contributed by atoms with Crippen LogP contribution in [0.2, 0.25) is 0 Å². The summed E-state index contributed by atoms with van der Waals surface area (Å²) < 4.78 is 18.9. The van der Waals surface area contributed by atoms with Gasteiger partial charge < -0.3 is 19.9 Å². The Hall–Kier alpha value is -2.77. The van der Waals surface area contributed by atoms with Crippen molar-refractivity contribution in [2.75, 3.05) is 46.4 Å². The van der Waals surface area contributed by atoms with Gasteiger partial charge in [-0.3, -0.25) is 9.59 Å². The number of amides is 2. The molecule has 3 rings (SSSR count). The number of carbonyl (C=O) groups is 2. The number of halogens is 1. The number of nitrogens with one attached hydrogen (secondary N) is 1. The normalized spacial score (nSPS) is 18.0. The molecule has 1 N–H and O–H groups in total. The van der Waals surface area contributed by atoms with Crippen molar-refractivity contribution < 1.29 is 18.7 Å². The second-order valence-corrected chi connectivity index (χ2v) is 7.87. The van der Waals surface area contributed by atoms with Crippen LogP contribution in [0, 0.1) is 5.82 Å². The van der Waals surface area contributed by atoms with Crippen LogP contribution in [-0.4, -0.2) is 68.1 Å². The fraction of sp³-hybridized carbons (Fsp3) is 0.440. The second-order valence-electron chi connectivity index (χ2n) is 7.87. The number of hydrogen-bond acceptors (Lipinski definition) is 4. The molecule has 2 amide bonds. The zero-order valence-corrected chi connectivity index (χ0v) is 19.0. The van der Waals surface area contributed by atoms with E-state index < -0.39 is 12.0 Å². The summed E-state index contributed by atoms with van der Waals surface area (Å²) in [5, 5.41) is 3.07. The zero-order valence-electron chi connectivity index (χ0n) is 19.0. The zero-order chi connectivity index (χ0) is 23.1. The van der Waals surface area contributed by atoms with Crippen molar-refractivity contribution in [2.45, 2.75) is 25.8 Å². The van der Waals surface area contributed by atoms with E-state index in [-0.39, 0.29) is 17.6 Å². The van der Waals surface area contributed by atoms with E-state index in [2.05, 4.69) is 24.1 Å². The number of likely N-dealkylation sites (N-methyl/N-ethyl adjacent to an activating group) is 1. The number of benzene rings is 2. The van der Waals surface area contributed by atoms with Gasteiger partial charge >= 0.3 is 0 Å². The maximum absolute atomic E-state index is 13.6. The maximum atomic E-state index is 13.6. The van der Waals surface area contributed by atoms with Crippen LogP contribution in [0.15, 0.2) is 48.5 Å². The van der Waals surface area contributed by atoms with Crippen molar-refractivity contribution in [1.29, 1.82) is 0 Å². The van der Waals surface area contributed by atoms with Gasteiger partial charge in [-0.2, -0.15) is 0 Å². The van der Waals surface area contributed by atoms with E-state index in [0.29, 0.717) is 36.4 Å². The molecule has 0 radical (unpaired) electrons. The molecule has 1 aliphatic rings. The third-order valence-corrected chi connectivity index (χ3v) is 6.09. The van der Waals surface area contributed by atoms with Crippen LogP contribution >= 0.6 is 0 Å². The van der Waals surface area contributed by atoms with Crippen LogP contribution in [0.1, 0.15) is 47.3 Å². The van der Waals surface area contributed by atoms with E-state index in [9.17, 15) is 14.0 Å². The first-order chi connectivity index (χ1) is 15.5. The summed E-state index contributed by atoms with van der Waals surface area (Å²) in [6, 6.07) is 12.7. The minimum Gasteiger partial charge on any atom is -0.383 e. The van der Waals surface area contributed by atoms with E-state index in [1.807, 2.05) is 12.1 Å². The van der Waals surface area contributed by atoms with Crippen LogP contribution in [0.4, 0.5) is 4.39 Å². The fourth-order valence-corrected chi connectivity index (χ4v) is 4.33. The van der Waals surface area contributed by atoms with Crippen LogP contribution in [0.25, 0.3) is 0 Å². The first-order valence-electron chi connectivity index (χ1n) is 11.2. The molecule has 0 fully saturated rings. The number of ether oxygens (including phenoxy) is 1. The lowest BCUT2D eigenvalue weighted by molar-refractivity contribution is -0.124. The fourth-order valence-electron chi connectivity index (χ4n) is 4.33. The average molecular weight is 442 g/mol. The van der Waals surface area contributed by atoms with Gasteiger partial charge in [-0.05, 0) is 42.4 Å². The SMILES string of the molecule is CCN(CC)CCNC(=O)[C@@H]1c2ccccc2C(=O)N(CCOC)[C@H]1c1ccc(F)cc1. The van der Waals surface area contributed by atoms with Gasteiger partial charge in [-0.15, -0.1) is 0 Å². The molecule has 32 heavy (non-hydrogen) atoms. The Morgan fingerprint density at radius 2 is 1.81 bits per heavy atom. The first-order valence-corrected chi connectivity index (χ1v) is 11.2. The number of hydrogen-bond donors (Lipinski definition) is 1. The lowest BCUT2D eigenvalue weighted by Gasteiger charge is -2.41. The summed E-state index contributed by atoms with van der Waals surface area (Å²) >= 11 is 0. The van der Waals surface area contributed by atoms with E-state index in [4.69, 9.17) is 4.74 Å². The molecule has 0 unspecified atom stereocenters. The van der Waals surface area contributed by atoms with Gasteiger partial charge in [0.2, 0.25) is 5.91 Å². The number of rotatable bonds is 10. The van der Waals surface area contributed by atoms with Gasteiger partial charge in [0, 0.05) is 32.3 Å². The van der Waals surface area contributed by atoms with Crippen molar-refractivity contribution in [3.05, 3.63) is 71.0 Å². The molecule has 0 saturated heterocycles. The van der Waals surface area contributed by atoms with Gasteiger partial charge in [-0.25, -0.2) is 4.39 Å². The highest BCUT2D eigenvalue weighted by Gasteiger charge is 2.43. The maximum Gasteiger partial charge on any atom is 0.254 e. The lowest BCUT2D eigenvalue weighted by Crippen LogP contribution is -2.49. The molecule has 0 aliphatic carbocycles. The van der Waals surface area contributed by atoms with Gasteiger partial charge in [0.15, 0.2) is 0 Å². The Labute approximate surface area is 189 Å². The van der Waals surface area contributed by atoms with Gasteiger partial charge in [0.1, 0.15) is 5.82 Å². The average Bonchev–Trinajstić information content (AvgIpc) is 2.81. The highest BCUT2D eigenvalue weighted by Crippen LogP contribution is 2.42. The van der Waals surface area contributed by atoms with Gasteiger partial charge in [0.25, 0.3) is 5.91 Å². The minimum atomic E-state index is -0.608. The van der Waals surface area contributed by atoms with Crippen molar-refractivity contribution >= 4 is 11.8 Å². The predicted molar refractivity (Wildman–Crippen MR) is 122 cm³/mol. The van der Waals surface area contributed by atoms with Gasteiger partial charge in [-0.1, -0.05) is 44.2 Å². The van der Waals surface area contributed by atoms with Crippen molar-refractivity contribution in [1.82, 2.24) is 15.1 Å². The number of nitrogens with zero attached hydrogens (tertiary/aromatic N) is 2. The number of fused-ring (bicyclic) bond motifs is 1. The van der Waals surface area contributed by atoms with E-state index in [1.54, 1.807) is 36.3 Å². The molecule has 0 saturated carbocycles. The second kappa shape index (κ2) is 11.2. The molecule has 0 aromatic heterocycles. The Morgan fingerprint density at radius 3 is 2.47 bits per heavy atom.